The molecule has 3 rings (SSSR count). The summed E-state index contributed by atoms with van der Waals surface area (Å²) >= 11 is 0. The standard InChI is InChI=1S/C17H23N5O3.ClH/c1-18-16(23)9-15-20-17(25-21-15)11-22-8-7-19-10-13(22)12-5-3-4-6-14(12)24-2;/h3-6,13,19H,7-11H2,1-2H3,(H,18,23);1H. The summed E-state index contributed by atoms with van der Waals surface area (Å²) in [4.78, 5) is 18.0. The van der Waals surface area contributed by atoms with Gasteiger partial charge in [0.25, 0.3) is 0 Å². The molecule has 1 atom stereocenters. The molecule has 1 aromatic carbocycles. The SMILES string of the molecule is CNC(=O)Cc1noc(CN2CCNCC2c2ccccc2OC)n1.Cl. The van der Waals surface area contributed by atoms with Crippen LogP contribution in [0.15, 0.2) is 28.8 Å². The molecule has 1 unspecified atom stereocenters. The van der Waals surface area contributed by atoms with E-state index in [1.807, 2.05) is 18.2 Å². The first-order valence-corrected chi connectivity index (χ1v) is 8.31. The largest absolute Gasteiger partial charge is 0.496 e. The molecule has 0 bridgehead atoms. The molecule has 2 aromatic rings. The van der Waals surface area contributed by atoms with Crippen LogP contribution in [0, 0.1) is 0 Å². The molecular formula is C17H24ClN5O3. The molecule has 8 nitrogen and oxygen atoms in total. The molecule has 0 radical (unpaired) electrons. The van der Waals surface area contributed by atoms with Crippen molar-refractivity contribution in [2.75, 3.05) is 33.8 Å². The van der Waals surface area contributed by atoms with Gasteiger partial charge in [0.2, 0.25) is 11.8 Å². The number of hydrogen-bond acceptors (Lipinski definition) is 7. The highest BCUT2D eigenvalue weighted by Gasteiger charge is 2.27. The third kappa shape index (κ3) is 4.72. The van der Waals surface area contributed by atoms with E-state index in [9.17, 15) is 4.79 Å². The number of nitrogens with zero attached hydrogens (tertiary/aromatic N) is 3. The van der Waals surface area contributed by atoms with E-state index in [1.54, 1.807) is 14.2 Å². The van der Waals surface area contributed by atoms with Crippen molar-refractivity contribution in [1.82, 2.24) is 25.7 Å². The molecule has 1 amide bonds. The second-order valence-electron chi connectivity index (χ2n) is 5.89. The van der Waals surface area contributed by atoms with E-state index in [4.69, 9.17) is 9.26 Å². The van der Waals surface area contributed by atoms with Gasteiger partial charge >= 0.3 is 0 Å². The van der Waals surface area contributed by atoms with Crippen molar-refractivity contribution >= 4 is 18.3 Å². The summed E-state index contributed by atoms with van der Waals surface area (Å²) in [5, 5.41) is 9.86. The zero-order valence-electron chi connectivity index (χ0n) is 14.9. The molecule has 0 saturated carbocycles. The van der Waals surface area contributed by atoms with Gasteiger partial charge in [-0.3, -0.25) is 9.69 Å². The smallest absolute Gasteiger partial charge is 0.240 e. The lowest BCUT2D eigenvalue weighted by Gasteiger charge is -2.36. The first-order chi connectivity index (χ1) is 12.2. The molecule has 9 heteroatoms. The Morgan fingerprint density at radius 1 is 1.46 bits per heavy atom. The number of carbonyl (C=O) groups is 1. The van der Waals surface area contributed by atoms with Gasteiger partial charge in [0.1, 0.15) is 5.75 Å². The Morgan fingerprint density at radius 3 is 3.04 bits per heavy atom. The quantitative estimate of drug-likeness (QED) is 0.769. The fourth-order valence-electron chi connectivity index (χ4n) is 3.02. The zero-order chi connectivity index (χ0) is 17.6. The molecule has 26 heavy (non-hydrogen) atoms. The monoisotopic (exact) mass is 381 g/mol. The first kappa shape index (κ1) is 20.2. The molecule has 142 valence electrons. The molecule has 0 spiro atoms. The Kier molecular flexibility index (Phi) is 7.38. The van der Waals surface area contributed by atoms with Crippen molar-refractivity contribution in [3.8, 4) is 5.75 Å². The summed E-state index contributed by atoms with van der Waals surface area (Å²) < 4.78 is 10.8. The van der Waals surface area contributed by atoms with E-state index < -0.39 is 0 Å². The predicted octanol–water partition coefficient (Wildman–Crippen LogP) is 0.935. The normalized spacial score (nSPS) is 17.4. The lowest BCUT2D eigenvalue weighted by atomic mass is 10.0. The van der Waals surface area contributed by atoms with Crippen LogP contribution in [0.5, 0.6) is 5.75 Å². The summed E-state index contributed by atoms with van der Waals surface area (Å²) in [6, 6.07) is 8.18. The fraction of sp³-hybridized carbons (Fsp3) is 0.471. The third-order valence-electron chi connectivity index (χ3n) is 4.30. The number of ether oxygens (including phenoxy) is 1. The summed E-state index contributed by atoms with van der Waals surface area (Å²) in [5.74, 6) is 1.65. The van der Waals surface area contributed by atoms with E-state index in [2.05, 4.69) is 31.7 Å². The van der Waals surface area contributed by atoms with Gasteiger partial charge in [0.15, 0.2) is 5.82 Å². The first-order valence-electron chi connectivity index (χ1n) is 8.31. The van der Waals surface area contributed by atoms with Gasteiger partial charge in [-0.2, -0.15) is 4.98 Å². The van der Waals surface area contributed by atoms with E-state index in [0.29, 0.717) is 18.3 Å². The molecule has 1 aliphatic heterocycles. The minimum atomic E-state index is -0.138. The highest BCUT2D eigenvalue weighted by molar-refractivity contribution is 5.85. The molecule has 1 aliphatic rings. The number of halogens is 1. The topological polar surface area (TPSA) is 92.5 Å². The van der Waals surface area contributed by atoms with Crippen LogP contribution in [0.2, 0.25) is 0 Å². The maximum Gasteiger partial charge on any atom is 0.240 e. The second-order valence-corrected chi connectivity index (χ2v) is 5.89. The lowest BCUT2D eigenvalue weighted by Crippen LogP contribution is -2.45. The number of para-hydroxylation sites is 1. The minimum Gasteiger partial charge on any atom is -0.496 e. The van der Waals surface area contributed by atoms with E-state index in [1.165, 1.54) is 0 Å². The summed E-state index contributed by atoms with van der Waals surface area (Å²) in [5.41, 5.74) is 1.13. The Bertz CT molecular complexity index is 724. The van der Waals surface area contributed by atoms with Crippen LogP contribution >= 0.6 is 12.4 Å². The number of benzene rings is 1. The van der Waals surface area contributed by atoms with Gasteiger partial charge in [-0.05, 0) is 6.07 Å². The molecule has 2 N–H and O–H groups in total. The molecule has 1 fully saturated rings. The summed E-state index contributed by atoms with van der Waals surface area (Å²) in [6.07, 6.45) is 0.123. The van der Waals surface area contributed by atoms with Crippen LogP contribution in [0.1, 0.15) is 23.3 Å². The Labute approximate surface area is 158 Å². The van der Waals surface area contributed by atoms with Crippen molar-refractivity contribution in [3.05, 3.63) is 41.5 Å². The van der Waals surface area contributed by atoms with Gasteiger partial charge in [-0.25, -0.2) is 0 Å². The van der Waals surface area contributed by atoms with Gasteiger partial charge in [-0.1, -0.05) is 23.4 Å². The second kappa shape index (κ2) is 9.51. The molecule has 1 aromatic heterocycles. The average molecular weight is 382 g/mol. The van der Waals surface area contributed by atoms with Crippen molar-refractivity contribution in [1.29, 1.82) is 0 Å². The minimum absolute atomic E-state index is 0. The molecule has 2 heterocycles. The summed E-state index contributed by atoms with van der Waals surface area (Å²) in [6.45, 7) is 3.10. The number of likely N-dealkylation sites (N-methyl/N-ethyl adjacent to an activating group) is 1. The third-order valence-corrected chi connectivity index (χ3v) is 4.30. The average Bonchev–Trinajstić information content (AvgIpc) is 3.09. The Balaban J connectivity index is 0.00000243. The maximum atomic E-state index is 11.4. The van der Waals surface area contributed by atoms with Gasteiger partial charge < -0.3 is 19.9 Å². The molecular weight excluding hydrogens is 358 g/mol. The number of rotatable bonds is 6. The summed E-state index contributed by atoms with van der Waals surface area (Å²) in [7, 11) is 3.27. The van der Waals surface area contributed by atoms with Crippen molar-refractivity contribution < 1.29 is 14.1 Å². The Hall–Kier alpha value is -2.16. The van der Waals surface area contributed by atoms with E-state index in [0.717, 1.165) is 30.9 Å². The van der Waals surface area contributed by atoms with Crippen LogP contribution in [-0.2, 0) is 17.8 Å². The van der Waals surface area contributed by atoms with Crippen LogP contribution in [-0.4, -0.2) is 54.7 Å². The van der Waals surface area contributed by atoms with E-state index in [-0.39, 0.29) is 30.8 Å². The molecule has 0 aliphatic carbocycles. The van der Waals surface area contributed by atoms with Crippen molar-refractivity contribution in [3.63, 3.8) is 0 Å². The predicted molar refractivity (Wildman–Crippen MR) is 98.3 cm³/mol. The highest BCUT2D eigenvalue weighted by atomic mass is 35.5. The van der Waals surface area contributed by atoms with Gasteiger partial charge in [0.05, 0.1) is 26.1 Å². The number of nitrogens with one attached hydrogen (secondary N) is 2. The fourth-order valence-corrected chi connectivity index (χ4v) is 3.02. The number of hydrogen-bond donors (Lipinski definition) is 2. The van der Waals surface area contributed by atoms with Crippen molar-refractivity contribution in [2.45, 2.75) is 19.0 Å². The lowest BCUT2D eigenvalue weighted by molar-refractivity contribution is -0.120. The van der Waals surface area contributed by atoms with Crippen LogP contribution in [0.25, 0.3) is 0 Å². The van der Waals surface area contributed by atoms with Crippen molar-refractivity contribution in [2.24, 2.45) is 0 Å². The number of methoxy groups -OCH3 is 1. The number of aromatic nitrogens is 2. The molecule has 1 saturated heterocycles. The maximum absolute atomic E-state index is 11.4. The number of amides is 1. The van der Waals surface area contributed by atoms with E-state index >= 15 is 0 Å². The Morgan fingerprint density at radius 2 is 2.27 bits per heavy atom. The van der Waals surface area contributed by atoms with Crippen LogP contribution in [0.3, 0.4) is 0 Å². The highest BCUT2D eigenvalue weighted by Crippen LogP contribution is 2.30. The number of carbonyl (C=O) groups excluding carboxylic acids is 1. The zero-order valence-corrected chi connectivity index (χ0v) is 15.7. The van der Waals surface area contributed by atoms with Crippen LogP contribution < -0.4 is 15.4 Å². The van der Waals surface area contributed by atoms with Crippen LogP contribution in [0.4, 0.5) is 0 Å². The number of piperazine rings is 1. The van der Waals surface area contributed by atoms with Gasteiger partial charge in [-0.15, -0.1) is 12.4 Å². The van der Waals surface area contributed by atoms with Gasteiger partial charge in [0, 0.05) is 32.2 Å².